The van der Waals surface area contributed by atoms with Crippen LogP contribution in [0.15, 0.2) is 24.3 Å². The fraction of sp³-hybridized carbons (Fsp3) is 0.529. The summed E-state index contributed by atoms with van der Waals surface area (Å²) < 4.78 is 0. The third-order valence-electron chi connectivity index (χ3n) is 3.22. The third kappa shape index (κ3) is 6.93. The van der Waals surface area contributed by atoms with Crippen molar-refractivity contribution in [3.8, 4) is 0 Å². The fourth-order valence-electron chi connectivity index (χ4n) is 1.98. The SMILES string of the molecule is CCCCCCC(=O)Nc1ccc(C(=O)NCCC)cc1. The summed E-state index contributed by atoms with van der Waals surface area (Å²) in [7, 11) is 0. The average Bonchev–Trinajstić information content (AvgIpc) is 2.50. The Balaban J connectivity index is 2.39. The molecule has 21 heavy (non-hydrogen) atoms. The van der Waals surface area contributed by atoms with Crippen molar-refractivity contribution in [3.63, 3.8) is 0 Å². The highest BCUT2D eigenvalue weighted by atomic mass is 16.2. The van der Waals surface area contributed by atoms with Crippen molar-refractivity contribution in [1.82, 2.24) is 5.32 Å². The summed E-state index contributed by atoms with van der Waals surface area (Å²) in [5.74, 6) is -0.0384. The van der Waals surface area contributed by atoms with E-state index in [1.165, 1.54) is 12.8 Å². The zero-order chi connectivity index (χ0) is 15.5. The lowest BCUT2D eigenvalue weighted by Crippen LogP contribution is -2.23. The average molecular weight is 290 g/mol. The zero-order valence-corrected chi connectivity index (χ0v) is 13.1. The van der Waals surface area contributed by atoms with E-state index in [2.05, 4.69) is 17.6 Å². The smallest absolute Gasteiger partial charge is 0.251 e. The van der Waals surface area contributed by atoms with Crippen LogP contribution in [0.25, 0.3) is 0 Å². The van der Waals surface area contributed by atoms with E-state index in [0.29, 0.717) is 18.5 Å². The summed E-state index contributed by atoms with van der Waals surface area (Å²) >= 11 is 0. The summed E-state index contributed by atoms with van der Waals surface area (Å²) in [6.45, 7) is 4.84. The first-order valence-electron chi connectivity index (χ1n) is 7.85. The molecule has 0 aromatic heterocycles. The molecule has 2 N–H and O–H groups in total. The predicted molar refractivity (Wildman–Crippen MR) is 86.5 cm³/mol. The number of carbonyl (C=O) groups excluding carboxylic acids is 2. The zero-order valence-electron chi connectivity index (χ0n) is 13.1. The normalized spacial score (nSPS) is 10.2. The van der Waals surface area contributed by atoms with Crippen LogP contribution >= 0.6 is 0 Å². The molecule has 0 radical (unpaired) electrons. The van der Waals surface area contributed by atoms with Crippen LogP contribution in [0.3, 0.4) is 0 Å². The Morgan fingerprint density at radius 1 is 0.952 bits per heavy atom. The number of carbonyl (C=O) groups is 2. The molecule has 0 heterocycles. The molecule has 0 spiro atoms. The Bertz CT molecular complexity index is 441. The minimum Gasteiger partial charge on any atom is -0.352 e. The summed E-state index contributed by atoms with van der Waals surface area (Å²) in [5, 5.41) is 5.68. The maximum absolute atomic E-state index is 11.7. The molecule has 116 valence electrons. The highest BCUT2D eigenvalue weighted by Gasteiger charge is 2.06. The van der Waals surface area contributed by atoms with Crippen molar-refractivity contribution < 1.29 is 9.59 Å². The van der Waals surface area contributed by atoms with Crippen LogP contribution < -0.4 is 10.6 Å². The second-order valence-corrected chi connectivity index (χ2v) is 5.19. The Hall–Kier alpha value is -1.84. The Morgan fingerprint density at radius 2 is 1.67 bits per heavy atom. The number of benzene rings is 1. The first-order valence-corrected chi connectivity index (χ1v) is 7.85. The van der Waals surface area contributed by atoms with Gasteiger partial charge < -0.3 is 10.6 Å². The second-order valence-electron chi connectivity index (χ2n) is 5.19. The highest BCUT2D eigenvalue weighted by molar-refractivity contribution is 5.95. The van der Waals surface area contributed by atoms with Gasteiger partial charge in [-0.2, -0.15) is 0 Å². The summed E-state index contributed by atoms with van der Waals surface area (Å²) in [5.41, 5.74) is 1.35. The van der Waals surface area contributed by atoms with Crippen LogP contribution in [-0.2, 0) is 4.79 Å². The molecule has 1 aromatic carbocycles. The molecule has 1 rings (SSSR count). The molecule has 0 aliphatic carbocycles. The van der Waals surface area contributed by atoms with Crippen LogP contribution in [-0.4, -0.2) is 18.4 Å². The molecule has 0 fully saturated rings. The van der Waals surface area contributed by atoms with Gasteiger partial charge in [-0.25, -0.2) is 0 Å². The van der Waals surface area contributed by atoms with E-state index in [1.54, 1.807) is 24.3 Å². The number of unbranched alkanes of at least 4 members (excludes halogenated alkanes) is 3. The van der Waals surface area contributed by atoms with Crippen molar-refractivity contribution in [3.05, 3.63) is 29.8 Å². The second kappa shape index (κ2) is 9.97. The third-order valence-corrected chi connectivity index (χ3v) is 3.22. The van der Waals surface area contributed by atoms with E-state index >= 15 is 0 Å². The Kier molecular flexibility index (Phi) is 8.17. The van der Waals surface area contributed by atoms with Crippen molar-refractivity contribution in [2.45, 2.75) is 52.4 Å². The van der Waals surface area contributed by atoms with Gasteiger partial charge >= 0.3 is 0 Å². The van der Waals surface area contributed by atoms with Crippen LogP contribution in [0.4, 0.5) is 5.69 Å². The Morgan fingerprint density at radius 3 is 2.29 bits per heavy atom. The van der Waals surface area contributed by atoms with Gasteiger partial charge in [0.1, 0.15) is 0 Å². The molecule has 2 amide bonds. The van der Waals surface area contributed by atoms with Crippen LogP contribution in [0.5, 0.6) is 0 Å². The van der Waals surface area contributed by atoms with Crippen LogP contribution in [0.1, 0.15) is 62.7 Å². The van der Waals surface area contributed by atoms with Crippen molar-refractivity contribution in [1.29, 1.82) is 0 Å². The molecular weight excluding hydrogens is 264 g/mol. The van der Waals surface area contributed by atoms with Gasteiger partial charge in [-0.3, -0.25) is 9.59 Å². The Labute approximate surface area is 127 Å². The number of amides is 2. The van der Waals surface area contributed by atoms with Gasteiger partial charge in [0.05, 0.1) is 0 Å². The van der Waals surface area contributed by atoms with E-state index in [1.807, 2.05) is 6.92 Å². The van der Waals surface area contributed by atoms with Gasteiger partial charge in [-0.1, -0.05) is 33.1 Å². The number of hydrogen-bond acceptors (Lipinski definition) is 2. The van der Waals surface area contributed by atoms with Gasteiger partial charge in [-0.15, -0.1) is 0 Å². The molecule has 4 nitrogen and oxygen atoms in total. The molecule has 0 atom stereocenters. The highest BCUT2D eigenvalue weighted by Crippen LogP contribution is 2.11. The quantitative estimate of drug-likeness (QED) is 0.681. The van der Waals surface area contributed by atoms with Crippen LogP contribution in [0, 0.1) is 0 Å². The van der Waals surface area contributed by atoms with E-state index < -0.39 is 0 Å². The van der Waals surface area contributed by atoms with Gasteiger partial charge in [0.25, 0.3) is 5.91 Å². The maximum Gasteiger partial charge on any atom is 0.251 e. The number of anilines is 1. The van der Waals surface area contributed by atoms with Gasteiger partial charge in [0.15, 0.2) is 0 Å². The molecule has 0 saturated carbocycles. The fourth-order valence-corrected chi connectivity index (χ4v) is 1.98. The number of hydrogen-bond donors (Lipinski definition) is 2. The molecule has 0 aliphatic heterocycles. The monoisotopic (exact) mass is 290 g/mol. The first-order chi connectivity index (χ1) is 10.2. The van der Waals surface area contributed by atoms with Gasteiger partial charge in [0, 0.05) is 24.2 Å². The number of nitrogens with one attached hydrogen (secondary N) is 2. The van der Waals surface area contributed by atoms with Crippen LogP contribution in [0.2, 0.25) is 0 Å². The molecule has 0 saturated heterocycles. The van der Waals surface area contributed by atoms with Crippen molar-refractivity contribution in [2.75, 3.05) is 11.9 Å². The summed E-state index contributed by atoms with van der Waals surface area (Å²) in [6, 6.07) is 7.00. The lowest BCUT2D eigenvalue weighted by Gasteiger charge is -2.07. The standard InChI is InChI=1S/C17H26N2O2/c1-3-5-6-7-8-16(20)19-15-11-9-14(10-12-15)17(21)18-13-4-2/h9-12H,3-8,13H2,1-2H3,(H,18,21)(H,19,20). The largest absolute Gasteiger partial charge is 0.352 e. The summed E-state index contributed by atoms with van der Waals surface area (Å²) in [4.78, 5) is 23.5. The van der Waals surface area contributed by atoms with E-state index in [9.17, 15) is 9.59 Å². The van der Waals surface area contributed by atoms with Gasteiger partial charge in [-0.05, 0) is 37.1 Å². The lowest BCUT2D eigenvalue weighted by molar-refractivity contribution is -0.116. The molecule has 0 bridgehead atoms. The van der Waals surface area contributed by atoms with E-state index in [0.717, 1.165) is 24.9 Å². The molecule has 0 aliphatic rings. The maximum atomic E-state index is 11.7. The number of rotatable bonds is 9. The van der Waals surface area contributed by atoms with E-state index in [-0.39, 0.29) is 11.8 Å². The molecular formula is C17H26N2O2. The molecule has 4 heteroatoms. The molecule has 1 aromatic rings. The topological polar surface area (TPSA) is 58.2 Å². The van der Waals surface area contributed by atoms with Gasteiger partial charge in [0.2, 0.25) is 5.91 Å². The predicted octanol–water partition coefficient (Wildman–Crippen LogP) is 3.74. The lowest BCUT2D eigenvalue weighted by atomic mass is 10.1. The minimum absolute atomic E-state index is 0.0364. The van der Waals surface area contributed by atoms with Crippen molar-refractivity contribution in [2.24, 2.45) is 0 Å². The van der Waals surface area contributed by atoms with E-state index in [4.69, 9.17) is 0 Å². The summed E-state index contributed by atoms with van der Waals surface area (Å²) in [6.07, 6.45) is 5.84. The molecule has 0 unspecified atom stereocenters. The minimum atomic E-state index is -0.0747. The van der Waals surface area contributed by atoms with Crippen molar-refractivity contribution >= 4 is 17.5 Å². The first kappa shape index (κ1) is 17.2.